The van der Waals surface area contributed by atoms with E-state index in [9.17, 15) is 0 Å². The largest absolute Gasteiger partial charge is 0.362 e. The van der Waals surface area contributed by atoms with Crippen LogP contribution >= 0.6 is 0 Å². The number of allylic oxidation sites excluding steroid dienone is 4. The summed E-state index contributed by atoms with van der Waals surface area (Å²) in [6, 6.07) is 0. The molecule has 1 unspecified atom stereocenters. The van der Waals surface area contributed by atoms with E-state index in [1.54, 1.807) is 11.1 Å². The van der Waals surface area contributed by atoms with Crippen LogP contribution in [-0.4, -0.2) is 0 Å². The lowest BCUT2D eigenvalue weighted by molar-refractivity contribution is 0.391. The van der Waals surface area contributed by atoms with Crippen molar-refractivity contribution >= 4 is 0 Å². The molecular weight excluding hydrogens is 338 g/mol. The molecule has 1 atom stereocenters. The van der Waals surface area contributed by atoms with Crippen LogP contribution in [-0.2, 0) is 0 Å². The van der Waals surface area contributed by atoms with Crippen molar-refractivity contribution in [1.29, 1.82) is 0 Å². The quantitative estimate of drug-likeness (QED) is 0.491. The summed E-state index contributed by atoms with van der Waals surface area (Å²) in [5.41, 5.74) is 6.29. The SMILES string of the molecule is CC.CC(C)C.CC(C)C1=C(C(C)C)NC(C(C)C)=C(C(C)C)C(C(C)C)C1. The minimum atomic E-state index is 0.555. The van der Waals surface area contributed by atoms with E-state index < -0.39 is 0 Å². The van der Waals surface area contributed by atoms with E-state index in [2.05, 4.69) is 95.3 Å². The first kappa shape index (κ1) is 29.5. The van der Waals surface area contributed by atoms with Gasteiger partial charge in [-0.2, -0.15) is 0 Å². The molecule has 0 fully saturated rings. The normalized spacial score (nSPS) is 17.8. The van der Waals surface area contributed by atoms with Gasteiger partial charge in [0.2, 0.25) is 0 Å². The molecule has 1 N–H and O–H groups in total. The first-order chi connectivity index (χ1) is 12.8. The van der Waals surface area contributed by atoms with Crippen LogP contribution in [0.5, 0.6) is 0 Å². The van der Waals surface area contributed by atoms with Crippen molar-refractivity contribution in [2.75, 3.05) is 0 Å². The Morgan fingerprint density at radius 2 is 1.00 bits per heavy atom. The molecule has 0 aromatic heterocycles. The molecule has 1 aliphatic rings. The van der Waals surface area contributed by atoms with E-state index in [1.807, 2.05) is 13.8 Å². The Balaban J connectivity index is 0. The number of hydrogen-bond acceptors (Lipinski definition) is 1. The second kappa shape index (κ2) is 14.3. The molecule has 0 saturated carbocycles. The first-order valence-corrected chi connectivity index (χ1v) is 12.0. The molecule has 1 heterocycles. The summed E-state index contributed by atoms with van der Waals surface area (Å²) in [5.74, 6) is 4.53. The molecule has 0 aromatic carbocycles. The topological polar surface area (TPSA) is 12.0 Å². The molecule has 0 aromatic rings. The van der Waals surface area contributed by atoms with E-state index >= 15 is 0 Å². The highest BCUT2D eigenvalue weighted by Gasteiger charge is 2.31. The molecule has 0 bridgehead atoms. The third-order valence-corrected chi connectivity index (χ3v) is 5.04. The molecule has 0 radical (unpaired) electrons. The second-order valence-electron chi connectivity index (χ2n) is 10.3. The number of hydrogen-bond donors (Lipinski definition) is 1. The van der Waals surface area contributed by atoms with Crippen molar-refractivity contribution in [3.8, 4) is 0 Å². The van der Waals surface area contributed by atoms with Gasteiger partial charge in [0, 0.05) is 11.4 Å². The summed E-state index contributed by atoms with van der Waals surface area (Å²) >= 11 is 0. The average Bonchev–Trinajstić information content (AvgIpc) is 2.73. The van der Waals surface area contributed by atoms with Crippen LogP contribution < -0.4 is 5.32 Å². The van der Waals surface area contributed by atoms with E-state index in [0.29, 0.717) is 35.5 Å². The lowest BCUT2D eigenvalue weighted by Gasteiger charge is -2.30. The van der Waals surface area contributed by atoms with Crippen molar-refractivity contribution in [3.63, 3.8) is 0 Å². The van der Waals surface area contributed by atoms with Gasteiger partial charge >= 0.3 is 0 Å². The maximum atomic E-state index is 3.92. The monoisotopic (exact) mass is 393 g/mol. The van der Waals surface area contributed by atoms with Crippen molar-refractivity contribution in [2.24, 2.45) is 41.4 Å². The van der Waals surface area contributed by atoms with Gasteiger partial charge in [-0.1, -0.05) is 104 Å². The highest BCUT2D eigenvalue weighted by atomic mass is 14.9. The maximum absolute atomic E-state index is 3.92. The van der Waals surface area contributed by atoms with Crippen molar-refractivity contribution in [3.05, 3.63) is 22.5 Å². The van der Waals surface area contributed by atoms with Crippen LogP contribution in [0.15, 0.2) is 22.5 Å². The fourth-order valence-electron chi connectivity index (χ4n) is 3.83. The Kier molecular flexibility index (Phi) is 15.0. The minimum Gasteiger partial charge on any atom is -0.362 e. The van der Waals surface area contributed by atoms with Crippen molar-refractivity contribution < 1.29 is 0 Å². The van der Waals surface area contributed by atoms with Crippen LogP contribution in [0.1, 0.15) is 110 Å². The fraction of sp³-hybridized carbons (Fsp3) is 0.852. The molecule has 168 valence electrons. The predicted octanol–water partition coefficient (Wildman–Crippen LogP) is 9.07. The van der Waals surface area contributed by atoms with Crippen LogP contribution in [0.2, 0.25) is 0 Å². The van der Waals surface area contributed by atoms with E-state index in [0.717, 1.165) is 5.92 Å². The summed E-state index contributed by atoms with van der Waals surface area (Å²) in [4.78, 5) is 0. The third-order valence-electron chi connectivity index (χ3n) is 5.04. The smallest absolute Gasteiger partial charge is 0.0172 e. The molecule has 1 heteroatoms. The van der Waals surface area contributed by atoms with Crippen LogP contribution in [0.25, 0.3) is 0 Å². The first-order valence-electron chi connectivity index (χ1n) is 12.0. The Morgan fingerprint density at radius 3 is 1.25 bits per heavy atom. The Morgan fingerprint density at radius 1 is 0.607 bits per heavy atom. The summed E-state index contributed by atoms with van der Waals surface area (Å²) in [6.45, 7) is 34.0. The summed E-state index contributed by atoms with van der Waals surface area (Å²) in [5, 5.41) is 3.92. The predicted molar refractivity (Wildman–Crippen MR) is 131 cm³/mol. The standard InChI is InChI=1S/C21H39N.C4H10.C2H6/c1-12(2)17-11-18(13(3)4)20(15(7)8)22-21(16(9)10)19(17)14(5)6;1-4(2)3;1-2/h12-17,22H,11H2,1-10H3;4H,1-3H3;1-2H3. The Labute approximate surface area is 179 Å². The van der Waals surface area contributed by atoms with E-state index in [4.69, 9.17) is 0 Å². The molecule has 0 aliphatic carbocycles. The molecule has 0 saturated heterocycles. The van der Waals surface area contributed by atoms with E-state index in [-0.39, 0.29) is 0 Å². The van der Waals surface area contributed by atoms with Crippen molar-refractivity contribution in [1.82, 2.24) is 5.32 Å². The lowest BCUT2D eigenvalue weighted by atomic mass is 9.75. The molecule has 0 amide bonds. The fourth-order valence-corrected chi connectivity index (χ4v) is 3.83. The van der Waals surface area contributed by atoms with Gasteiger partial charge in [0.25, 0.3) is 0 Å². The minimum absolute atomic E-state index is 0.555. The Hall–Kier alpha value is -0.720. The maximum Gasteiger partial charge on any atom is 0.0172 e. The molecule has 1 rings (SSSR count). The van der Waals surface area contributed by atoms with E-state index in [1.165, 1.54) is 17.8 Å². The zero-order valence-corrected chi connectivity index (χ0v) is 22.2. The van der Waals surface area contributed by atoms with Gasteiger partial charge in [0.15, 0.2) is 0 Å². The zero-order chi connectivity index (χ0) is 22.8. The van der Waals surface area contributed by atoms with Gasteiger partial charge in [0.1, 0.15) is 0 Å². The molecule has 1 nitrogen and oxygen atoms in total. The number of nitrogens with one attached hydrogen (secondary N) is 1. The molecule has 1 aliphatic heterocycles. The van der Waals surface area contributed by atoms with Gasteiger partial charge in [0.05, 0.1) is 0 Å². The zero-order valence-electron chi connectivity index (χ0n) is 22.2. The van der Waals surface area contributed by atoms with Gasteiger partial charge in [-0.3, -0.25) is 0 Å². The van der Waals surface area contributed by atoms with Crippen LogP contribution in [0.4, 0.5) is 0 Å². The van der Waals surface area contributed by atoms with Crippen LogP contribution in [0, 0.1) is 41.4 Å². The van der Waals surface area contributed by atoms with Gasteiger partial charge in [-0.05, 0) is 59.0 Å². The van der Waals surface area contributed by atoms with Gasteiger partial charge in [-0.25, -0.2) is 0 Å². The average molecular weight is 394 g/mol. The van der Waals surface area contributed by atoms with Crippen molar-refractivity contribution in [2.45, 2.75) is 110 Å². The number of rotatable bonds is 5. The molecular formula is C27H55N. The molecule has 0 spiro atoms. The lowest BCUT2D eigenvalue weighted by Crippen LogP contribution is -2.25. The highest BCUT2D eigenvalue weighted by Crippen LogP contribution is 2.41. The van der Waals surface area contributed by atoms with Gasteiger partial charge < -0.3 is 5.32 Å². The summed E-state index contributed by atoms with van der Waals surface area (Å²) in [7, 11) is 0. The summed E-state index contributed by atoms with van der Waals surface area (Å²) < 4.78 is 0. The van der Waals surface area contributed by atoms with Crippen LogP contribution in [0.3, 0.4) is 0 Å². The van der Waals surface area contributed by atoms with Gasteiger partial charge in [-0.15, -0.1) is 0 Å². The molecule has 28 heavy (non-hydrogen) atoms. The summed E-state index contributed by atoms with van der Waals surface area (Å²) in [6.07, 6.45) is 1.22. The second-order valence-corrected chi connectivity index (χ2v) is 10.3. The third kappa shape index (κ3) is 9.66. The highest BCUT2D eigenvalue weighted by molar-refractivity contribution is 5.32. The Bertz CT molecular complexity index is 470.